The van der Waals surface area contributed by atoms with E-state index in [9.17, 15) is 5.11 Å². The van der Waals surface area contributed by atoms with E-state index in [4.69, 9.17) is 23.2 Å². The molecule has 1 saturated carbocycles. The molecule has 1 aliphatic carbocycles. The van der Waals surface area contributed by atoms with E-state index in [-0.39, 0.29) is 18.3 Å². The van der Waals surface area contributed by atoms with Crippen LogP contribution in [0.4, 0.5) is 0 Å². The highest BCUT2D eigenvalue weighted by molar-refractivity contribution is 6.42. The van der Waals surface area contributed by atoms with Gasteiger partial charge in [0.25, 0.3) is 0 Å². The fourth-order valence-corrected chi connectivity index (χ4v) is 3.50. The minimum atomic E-state index is -0.625. The molecule has 1 unspecified atom stereocenters. The van der Waals surface area contributed by atoms with Gasteiger partial charge in [0.2, 0.25) is 0 Å². The van der Waals surface area contributed by atoms with Gasteiger partial charge in [0.1, 0.15) is 0 Å². The average Bonchev–Trinajstić information content (AvgIpc) is 2.40. The lowest BCUT2D eigenvalue weighted by Crippen LogP contribution is -2.42. The molecule has 1 fully saturated rings. The fraction of sp³-hybridized carbons (Fsp3) is 0.625. The van der Waals surface area contributed by atoms with Crippen molar-refractivity contribution < 1.29 is 5.11 Å². The van der Waals surface area contributed by atoms with Gasteiger partial charge in [-0.15, -0.1) is 12.4 Å². The number of hydrogen-bond acceptors (Lipinski definition) is 2. The van der Waals surface area contributed by atoms with Crippen molar-refractivity contribution >= 4 is 35.6 Å². The zero-order chi connectivity index (χ0) is 14.8. The molecule has 1 N–H and O–H groups in total. The van der Waals surface area contributed by atoms with Gasteiger partial charge in [0.15, 0.2) is 0 Å². The molecule has 120 valence electrons. The molecular formula is C16H24Cl3NO. The molecule has 0 bridgehead atoms. The maximum Gasteiger partial charge on any atom is 0.0728 e. The number of halogens is 3. The summed E-state index contributed by atoms with van der Waals surface area (Å²) in [6.07, 6.45) is 5.15. The lowest BCUT2D eigenvalue weighted by atomic mass is 9.72. The smallest absolute Gasteiger partial charge is 0.0728 e. The standard InChI is InChI=1S/C16H23Cl2NO.ClH/c1-19(2)11-13(16(20)8-4-3-5-9-16)12-6-7-14(17)15(18)10-12;/h6-7,10,13,20H,3-5,8-9,11H2,1-2H3;1H. The number of nitrogens with zero attached hydrogens (tertiary/aromatic N) is 1. The Morgan fingerprint density at radius 1 is 1.14 bits per heavy atom. The predicted octanol–water partition coefficient (Wildman–Crippen LogP) is 4.76. The second-order valence-electron chi connectivity index (χ2n) is 6.15. The Morgan fingerprint density at radius 3 is 2.29 bits per heavy atom. The zero-order valence-corrected chi connectivity index (χ0v) is 14.9. The third-order valence-electron chi connectivity index (χ3n) is 4.26. The summed E-state index contributed by atoms with van der Waals surface area (Å²) in [6.45, 7) is 0.814. The van der Waals surface area contributed by atoms with Gasteiger partial charge < -0.3 is 10.0 Å². The van der Waals surface area contributed by atoms with E-state index < -0.39 is 5.60 Å². The monoisotopic (exact) mass is 351 g/mol. The van der Waals surface area contributed by atoms with Crippen LogP contribution in [0.5, 0.6) is 0 Å². The van der Waals surface area contributed by atoms with E-state index in [1.54, 1.807) is 0 Å². The van der Waals surface area contributed by atoms with E-state index >= 15 is 0 Å². The highest BCUT2D eigenvalue weighted by Crippen LogP contribution is 2.41. The lowest BCUT2D eigenvalue weighted by Gasteiger charge is -2.41. The predicted molar refractivity (Wildman–Crippen MR) is 93.0 cm³/mol. The minimum Gasteiger partial charge on any atom is -0.389 e. The molecule has 0 amide bonds. The number of benzene rings is 1. The van der Waals surface area contributed by atoms with Crippen LogP contribution in [0.3, 0.4) is 0 Å². The maximum atomic E-state index is 11.1. The average molecular weight is 353 g/mol. The van der Waals surface area contributed by atoms with Gasteiger partial charge in [-0.3, -0.25) is 0 Å². The van der Waals surface area contributed by atoms with Gasteiger partial charge in [0.05, 0.1) is 15.6 Å². The number of likely N-dealkylation sites (N-methyl/N-ethyl adjacent to an activating group) is 1. The van der Waals surface area contributed by atoms with Crippen molar-refractivity contribution in [3.05, 3.63) is 33.8 Å². The summed E-state index contributed by atoms with van der Waals surface area (Å²) in [5.74, 6) is 0.0765. The van der Waals surface area contributed by atoms with E-state index in [0.717, 1.165) is 37.8 Å². The van der Waals surface area contributed by atoms with Gasteiger partial charge in [0, 0.05) is 12.5 Å². The first-order valence-electron chi connectivity index (χ1n) is 7.24. The van der Waals surface area contributed by atoms with Crippen LogP contribution in [0.25, 0.3) is 0 Å². The Balaban J connectivity index is 0.00000220. The van der Waals surface area contributed by atoms with Gasteiger partial charge in [-0.05, 0) is 44.6 Å². The van der Waals surface area contributed by atoms with Gasteiger partial charge >= 0.3 is 0 Å². The third-order valence-corrected chi connectivity index (χ3v) is 5.00. The van der Waals surface area contributed by atoms with E-state index in [1.807, 2.05) is 32.3 Å². The van der Waals surface area contributed by atoms with Crippen LogP contribution < -0.4 is 0 Å². The SMILES string of the molecule is CN(C)CC(c1ccc(Cl)c(Cl)c1)C1(O)CCCCC1.Cl. The molecule has 0 heterocycles. The summed E-state index contributed by atoms with van der Waals surface area (Å²) in [7, 11) is 4.08. The number of aliphatic hydroxyl groups is 1. The topological polar surface area (TPSA) is 23.5 Å². The Hall–Kier alpha value is 0.01000. The second-order valence-corrected chi connectivity index (χ2v) is 6.97. The molecule has 1 aromatic rings. The summed E-state index contributed by atoms with van der Waals surface area (Å²) in [5, 5.41) is 12.2. The minimum absolute atomic E-state index is 0. The lowest BCUT2D eigenvalue weighted by molar-refractivity contribution is -0.0277. The molecule has 1 aliphatic rings. The Morgan fingerprint density at radius 2 is 1.76 bits per heavy atom. The van der Waals surface area contributed by atoms with Crippen LogP contribution in [-0.2, 0) is 0 Å². The van der Waals surface area contributed by atoms with Crippen molar-refractivity contribution in [3.63, 3.8) is 0 Å². The van der Waals surface area contributed by atoms with Gasteiger partial charge in [-0.25, -0.2) is 0 Å². The second kappa shape index (κ2) is 8.03. The van der Waals surface area contributed by atoms with Crippen molar-refractivity contribution in [3.8, 4) is 0 Å². The van der Waals surface area contributed by atoms with Crippen LogP contribution in [0.15, 0.2) is 18.2 Å². The molecule has 0 radical (unpaired) electrons. The highest BCUT2D eigenvalue weighted by atomic mass is 35.5. The molecule has 2 rings (SSSR count). The Kier molecular flexibility index (Phi) is 7.29. The highest BCUT2D eigenvalue weighted by Gasteiger charge is 2.39. The van der Waals surface area contributed by atoms with Crippen molar-refractivity contribution in [2.45, 2.75) is 43.6 Å². The van der Waals surface area contributed by atoms with Crippen LogP contribution in [0, 0.1) is 0 Å². The summed E-state index contributed by atoms with van der Waals surface area (Å²) in [6, 6.07) is 5.73. The first-order chi connectivity index (χ1) is 9.42. The van der Waals surface area contributed by atoms with Crippen molar-refractivity contribution in [1.82, 2.24) is 4.90 Å². The van der Waals surface area contributed by atoms with Crippen LogP contribution >= 0.6 is 35.6 Å². The Bertz CT molecular complexity index is 459. The van der Waals surface area contributed by atoms with Gasteiger partial charge in [-0.1, -0.05) is 48.5 Å². The molecule has 0 aromatic heterocycles. The molecule has 5 heteroatoms. The molecular weight excluding hydrogens is 329 g/mol. The fourth-order valence-electron chi connectivity index (χ4n) is 3.19. The molecule has 1 aromatic carbocycles. The molecule has 21 heavy (non-hydrogen) atoms. The van der Waals surface area contributed by atoms with Crippen molar-refractivity contribution in [2.24, 2.45) is 0 Å². The van der Waals surface area contributed by atoms with Crippen molar-refractivity contribution in [1.29, 1.82) is 0 Å². The largest absolute Gasteiger partial charge is 0.389 e. The summed E-state index contributed by atoms with van der Waals surface area (Å²) >= 11 is 12.2. The van der Waals surface area contributed by atoms with E-state index in [1.165, 1.54) is 6.42 Å². The third kappa shape index (κ3) is 4.74. The van der Waals surface area contributed by atoms with Crippen LogP contribution in [0.1, 0.15) is 43.6 Å². The zero-order valence-electron chi connectivity index (χ0n) is 12.6. The molecule has 0 saturated heterocycles. The summed E-state index contributed by atoms with van der Waals surface area (Å²) < 4.78 is 0. The van der Waals surface area contributed by atoms with Gasteiger partial charge in [-0.2, -0.15) is 0 Å². The first kappa shape index (κ1) is 19.1. The maximum absolute atomic E-state index is 11.1. The Labute approximate surface area is 143 Å². The van der Waals surface area contributed by atoms with Crippen molar-refractivity contribution in [2.75, 3.05) is 20.6 Å². The van der Waals surface area contributed by atoms with E-state index in [0.29, 0.717) is 10.0 Å². The normalized spacial score (nSPS) is 19.1. The summed E-state index contributed by atoms with van der Waals surface area (Å²) in [5.41, 5.74) is 0.456. The van der Waals surface area contributed by atoms with E-state index in [2.05, 4.69) is 4.90 Å². The molecule has 0 aliphatic heterocycles. The number of hydrogen-bond donors (Lipinski definition) is 1. The first-order valence-corrected chi connectivity index (χ1v) is 8.00. The number of rotatable bonds is 4. The molecule has 0 spiro atoms. The quantitative estimate of drug-likeness (QED) is 0.845. The molecule has 2 nitrogen and oxygen atoms in total. The summed E-state index contributed by atoms with van der Waals surface area (Å²) in [4.78, 5) is 2.12. The van der Waals surface area contributed by atoms with Crippen LogP contribution in [-0.4, -0.2) is 36.2 Å². The van der Waals surface area contributed by atoms with Crippen LogP contribution in [0.2, 0.25) is 10.0 Å². The molecule has 1 atom stereocenters.